The molecule has 0 radical (unpaired) electrons. The molecule has 0 fully saturated rings. The minimum Gasteiger partial charge on any atom is -0.467 e. The summed E-state index contributed by atoms with van der Waals surface area (Å²) in [5.74, 6) is 0.252. The number of nitrogens with one attached hydrogen (secondary N) is 1. The fourth-order valence-electron chi connectivity index (χ4n) is 3.02. The lowest BCUT2D eigenvalue weighted by Gasteiger charge is -2.10. The average molecular weight is 490 g/mol. The maximum absolute atomic E-state index is 12.4. The number of carbonyl (C=O) groups excluding carboxylic acids is 2. The molecule has 4 rings (SSSR count). The second-order valence-electron chi connectivity index (χ2n) is 6.77. The monoisotopic (exact) mass is 489 g/mol. The Labute approximate surface area is 197 Å². The Morgan fingerprint density at radius 2 is 2.00 bits per heavy atom. The molecule has 0 aliphatic rings. The van der Waals surface area contributed by atoms with E-state index in [1.807, 2.05) is 6.07 Å². The molecule has 0 saturated heterocycles. The summed E-state index contributed by atoms with van der Waals surface area (Å²) in [6, 6.07) is 12.1. The quantitative estimate of drug-likeness (QED) is 0.389. The Bertz CT molecular complexity index is 1270. The van der Waals surface area contributed by atoms with Gasteiger partial charge < -0.3 is 8.98 Å². The van der Waals surface area contributed by atoms with E-state index >= 15 is 0 Å². The number of halogens is 2. The summed E-state index contributed by atoms with van der Waals surface area (Å²) in [5, 5.41) is 12.3. The largest absolute Gasteiger partial charge is 0.467 e. The van der Waals surface area contributed by atoms with Crippen molar-refractivity contribution in [3.05, 3.63) is 76.4 Å². The van der Waals surface area contributed by atoms with Gasteiger partial charge in [-0.15, -0.1) is 10.2 Å². The smallest absolute Gasteiger partial charge is 0.274 e. The molecule has 8 nitrogen and oxygen atoms in total. The zero-order valence-electron chi connectivity index (χ0n) is 16.8. The van der Waals surface area contributed by atoms with Crippen molar-refractivity contribution in [1.82, 2.24) is 24.6 Å². The molecule has 1 N–H and O–H groups in total. The van der Waals surface area contributed by atoms with Gasteiger partial charge in [-0.25, -0.2) is 0 Å². The number of imide groups is 1. The number of hydrogen-bond donors (Lipinski definition) is 1. The molecule has 3 heterocycles. The highest BCUT2D eigenvalue weighted by atomic mass is 35.5. The Morgan fingerprint density at radius 3 is 2.69 bits per heavy atom. The van der Waals surface area contributed by atoms with Gasteiger partial charge in [0.15, 0.2) is 11.0 Å². The van der Waals surface area contributed by atoms with Gasteiger partial charge in [-0.05, 0) is 42.5 Å². The van der Waals surface area contributed by atoms with Gasteiger partial charge in [0.05, 0.1) is 23.6 Å². The third-order valence-electron chi connectivity index (χ3n) is 4.54. The van der Waals surface area contributed by atoms with Crippen molar-refractivity contribution in [1.29, 1.82) is 0 Å². The Hall–Kier alpha value is -3.01. The number of aryl methyl sites for hydroxylation is 1. The maximum Gasteiger partial charge on any atom is 0.274 e. The highest BCUT2D eigenvalue weighted by Crippen LogP contribution is 2.32. The molecule has 0 aliphatic carbocycles. The molecular formula is C21H17Cl2N5O3S. The molecule has 0 aliphatic heterocycles. The van der Waals surface area contributed by atoms with Crippen LogP contribution >= 0.6 is 35.0 Å². The van der Waals surface area contributed by atoms with Crippen molar-refractivity contribution >= 4 is 46.8 Å². The Balaban J connectivity index is 1.54. The van der Waals surface area contributed by atoms with E-state index in [1.54, 1.807) is 65.0 Å². The van der Waals surface area contributed by atoms with Gasteiger partial charge in [-0.3, -0.25) is 19.5 Å². The molecule has 0 spiro atoms. The van der Waals surface area contributed by atoms with Crippen LogP contribution in [0.2, 0.25) is 10.0 Å². The number of benzene rings is 1. The lowest BCUT2D eigenvalue weighted by Crippen LogP contribution is -2.33. The van der Waals surface area contributed by atoms with Crippen LogP contribution < -0.4 is 5.32 Å². The van der Waals surface area contributed by atoms with Crippen LogP contribution in [0.3, 0.4) is 0 Å². The van der Waals surface area contributed by atoms with Crippen molar-refractivity contribution < 1.29 is 14.0 Å². The minimum atomic E-state index is -0.464. The molecular weight excluding hydrogens is 473 g/mol. The second-order valence-corrected chi connectivity index (χ2v) is 8.55. The number of furan rings is 1. The van der Waals surface area contributed by atoms with E-state index in [0.717, 1.165) is 11.8 Å². The number of hydrogen-bond acceptors (Lipinski definition) is 6. The molecule has 3 aromatic heterocycles. The fraction of sp³-hybridized carbons (Fsp3) is 0.143. The van der Waals surface area contributed by atoms with E-state index < -0.39 is 11.8 Å². The lowest BCUT2D eigenvalue weighted by atomic mass is 10.2. The third-order valence-corrected chi connectivity index (χ3v) is 6.06. The number of amides is 2. The van der Waals surface area contributed by atoms with Crippen molar-refractivity contribution in [2.24, 2.45) is 7.05 Å². The van der Waals surface area contributed by atoms with Crippen LogP contribution in [0.5, 0.6) is 0 Å². The molecule has 11 heteroatoms. The molecule has 0 atom stereocenters. The van der Waals surface area contributed by atoms with Crippen molar-refractivity contribution in [3.8, 4) is 11.4 Å². The van der Waals surface area contributed by atoms with Gasteiger partial charge in [0.2, 0.25) is 5.91 Å². The van der Waals surface area contributed by atoms with E-state index in [-0.39, 0.29) is 5.75 Å². The number of rotatable bonds is 7. The van der Waals surface area contributed by atoms with E-state index in [0.29, 0.717) is 44.6 Å². The molecule has 0 bridgehead atoms. The maximum atomic E-state index is 12.4. The van der Waals surface area contributed by atoms with E-state index in [4.69, 9.17) is 27.6 Å². The summed E-state index contributed by atoms with van der Waals surface area (Å²) in [7, 11) is 1.73. The predicted octanol–water partition coefficient (Wildman–Crippen LogP) is 4.28. The van der Waals surface area contributed by atoms with Gasteiger partial charge in [0, 0.05) is 23.8 Å². The third kappa shape index (κ3) is 4.90. The zero-order chi connectivity index (χ0) is 22.7. The van der Waals surface area contributed by atoms with Crippen molar-refractivity contribution in [3.63, 3.8) is 0 Å². The van der Waals surface area contributed by atoms with Crippen LogP contribution in [0.15, 0.2) is 64.5 Å². The fourth-order valence-corrected chi connectivity index (χ4v) is 4.25. The molecule has 164 valence electrons. The first-order valence-corrected chi connectivity index (χ1v) is 11.2. The highest BCUT2D eigenvalue weighted by Gasteiger charge is 2.20. The summed E-state index contributed by atoms with van der Waals surface area (Å²) >= 11 is 13.5. The van der Waals surface area contributed by atoms with Crippen molar-refractivity contribution in [2.75, 3.05) is 5.75 Å². The first-order chi connectivity index (χ1) is 15.4. The van der Waals surface area contributed by atoms with Gasteiger partial charge in [-0.1, -0.05) is 35.0 Å². The summed E-state index contributed by atoms with van der Waals surface area (Å²) < 4.78 is 8.90. The van der Waals surface area contributed by atoms with Gasteiger partial charge in [-0.2, -0.15) is 0 Å². The Kier molecular flexibility index (Phi) is 6.69. The standard InChI is InChI=1S/C21H17Cl2N5O3S/c1-27-8-2-5-17(27)20(30)24-18(29)12-32-21-26-25-19(15-7-6-13(22)10-16(15)23)28(21)11-14-4-3-9-31-14/h2-10H,11-12H2,1H3,(H,24,29,30). The van der Waals surface area contributed by atoms with Gasteiger partial charge >= 0.3 is 0 Å². The topological polar surface area (TPSA) is 95.0 Å². The highest BCUT2D eigenvalue weighted by molar-refractivity contribution is 7.99. The molecule has 4 aromatic rings. The van der Waals surface area contributed by atoms with E-state index in [2.05, 4.69) is 15.5 Å². The molecule has 0 unspecified atom stereocenters. The van der Waals surface area contributed by atoms with E-state index in [9.17, 15) is 9.59 Å². The first-order valence-electron chi connectivity index (χ1n) is 9.41. The average Bonchev–Trinajstić information content (AvgIpc) is 3.49. The second kappa shape index (κ2) is 9.64. The Morgan fingerprint density at radius 1 is 1.16 bits per heavy atom. The molecule has 0 saturated carbocycles. The van der Waals surface area contributed by atoms with Crippen LogP contribution in [0, 0.1) is 0 Å². The number of carbonyl (C=O) groups is 2. The van der Waals surface area contributed by atoms with Gasteiger partial charge in [0.1, 0.15) is 11.5 Å². The van der Waals surface area contributed by atoms with Crippen LogP contribution in [0.4, 0.5) is 0 Å². The van der Waals surface area contributed by atoms with Crippen LogP contribution in [0.25, 0.3) is 11.4 Å². The normalized spacial score (nSPS) is 11.0. The zero-order valence-corrected chi connectivity index (χ0v) is 19.1. The van der Waals surface area contributed by atoms with E-state index in [1.165, 1.54) is 0 Å². The van der Waals surface area contributed by atoms with Crippen molar-refractivity contribution in [2.45, 2.75) is 11.7 Å². The molecule has 1 aromatic carbocycles. The minimum absolute atomic E-state index is 0.0270. The number of nitrogens with zero attached hydrogens (tertiary/aromatic N) is 4. The summed E-state index contributed by atoms with van der Waals surface area (Å²) in [4.78, 5) is 24.6. The molecule has 32 heavy (non-hydrogen) atoms. The number of aromatic nitrogens is 4. The summed E-state index contributed by atoms with van der Waals surface area (Å²) in [6.07, 6.45) is 3.30. The molecule has 2 amide bonds. The van der Waals surface area contributed by atoms with Crippen LogP contribution in [0.1, 0.15) is 16.2 Å². The van der Waals surface area contributed by atoms with Gasteiger partial charge in [0.25, 0.3) is 5.91 Å². The summed E-state index contributed by atoms with van der Waals surface area (Å²) in [5.41, 5.74) is 1.04. The first kappa shape index (κ1) is 22.2. The van der Waals surface area contributed by atoms with Crippen LogP contribution in [-0.4, -0.2) is 36.9 Å². The SMILES string of the molecule is Cn1cccc1C(=O)NC(=O)CSc1nnc(-c2ccc(Cl)cc2Cl)n1Cc1ccco1. The number of thioether (sulfide) groups is 1. The summed E-state index contributed by atoms with van der Waals surface area (Å²) in [6.45, 7) is 0.334. The predicted molar refractivity (Wildman–Crippen MR) is 122 cm³/mol. The van der Waals surface area contributed by atoms with Crippen LogP contribution in [-0.2, 0) is 18.4 Å². The lowest BCUT2D eigenvalue weighted by molar-refractivity contribution is -0.117.